The van der Waals surface area contributed by atoms with Crippen LogP contribution in [0.2, 0.25) is 5.02 Å². The van der Waals surface area contributed by atoms with Crippen LogP contribution in [-0.4, -0.2) is 12.1 Å². The lowest BCUT2D eigenvalue weighted by Gasteiger charge is -2.38. The molecule has 4 heteroatoms. The van der Waals surface area contributed by atoms with E-state index in [4.69, 9.17) is 16.3 Å². The van der Waals surface area contributed by atoms with Gasteiger partial charge < -0.3 is 10.1 Å². The predicted octanol–water partition coefficient (Wildman–Crippen LogP) is 4.31. The molecule has 0 saturated carbocycles. The van der Waals surface area contributed by atoms with Crippen molar-refractivity contribution in [2.45, 2.75) is 38.8 Å². The van der Waals surface area contributed by atoms with Gasteiger partial charge in [-0.15, -0.1) is 0 Å². The number of fused-ring (bicyclic) bond motifs is 1. The molecule has 1 unspecified atom stereocenters. The molecule has 0 bridgehead atoms. The molecule has 0 saturated heterocycles. The molecule has 0 radical (unpaired) electrons. The summed E-state index contributed by atoms with van der Waals surface area (Å²) in [6.07, 6.45) is 0.937. The molecule has 1 aliphatic heterocycles. The largest absolute Gasteiger partial charge is 0.486 e. The van der Waals surface area contributed by atoms with Crippen molar-refractivity contribution in [1.82, 2.24) is 5.32 Å². The first-order valence-electron chi connectivity index (χ1n) is 5.85. The first kappa shape index (κ1) is 13.2. The zero-order valence-corrected chi connectivity index (χ0v) is 12.7. The zero-order chi connectivity index (χ0) is 12.6. The van der Waals surface area contributed by atoms with Crippen molar-refractivity contribution >= 4 is 27.5 Å². The molecule has 1 aromatic carbocycles. The average molecular weight is 319 g/mol. The minimum absolute atomic E-state index is 0.190. The summed E-state index contributed by atoms with van der Waals surface area (Å²) in [5, 5.41) is 4.18. The molecule has 2 nitrogen and oxygen atoms in total. The molecule has 17 heavy (non-hydrogen) atoms. The summed E-state index contributed by atoms with van der Waals surface area (Å²) < 4.78 is 7.06. The second kappa shape index (κ2) is 4.79. The Morgan fingerprint density at radius 2 is 2.24 bits per heavy atom. The van der Waals surface area contributed by atoms with Crippen molar-refractivity contribution < 1.29 is 4.74 Å². The number of rotatable bonds is 2. The fourth-order valence-corrected chi connectivity index (χ4v) is 3.10. The Bertz CT molecular complexity index is 434. The van der Waals surface area contributed by atoms with Crippen LogP contribution in [0.5, 0.6) is 5.75 Å². The van der Waals surface area contributed by atoms with Gasteiger partial charge in [-0.1, -0.05) is 34.5 Å². The van der Waals surface area contributed by atoms with Gasteiger partial charge in [-0.3, -0.25) is 0 Å². The smallest absolute Gasteiger partial charge is 0.144 e. The molecule has 0 fully saturated rings. The standard InChI is InChI=1S/C13H17BrClNO/c1-4-16-10-7-13(2,3)17-12-9(15)6-5-8(14)11(10)12/h5-6,10,16H,4,7H2,1-3H3. The summed E-state index contributed by atoms with van der Waals surface area (Å²) in [5.41, 5.74) is 0.947. The average Bonchev–Trinajstić information content (AvgIpc) is 2.22. The lowest BCUT2D eigenvalue weighted by atomic mass is 9.89. The second-order valence-corrected chi connectivity index (χ2v) is 6.21. The maximum Gasteiger partial charge on any atom is 0.144 e. The van der Waals surface area contributed by atoms with Crippen molar-refractivity contribution in [2.75, 3.05) is 6.54 Å². The van der Waals surface area contributed by atoms with E-state index in [0.717, 1.165) is 28.8 Å². The molecule has 1 atom stereocenters. The molecule has 0 aromatic heterocycles. The molecular formula is C13H17BrClNO. The molecule has 2 rings (SSSR count). The molecule has 0 spiro atoms. The first-order valence-corrected chi connectivity index (χ1v) is 7.02. The van der Waals surface area contributed by atoms with Crippen molar-refractivity contribution in [3.05, 3.63) is 27.2 Å². The fourth-order valence-electron chi connectivity index (χ4n) is 2.31. The topological polar surface area (TPSA) is 21.3 Å². The van der Waals surface area contributed by atoms with E-state index in [2.05, 4.69) is 42.0 Å². The van der Waals surface area contributed by atoms with Gasteiger partial charge in [-0.25, -0.2) is 0 Å². The van der Waals surface area contributed by atoms with Crippen LogP contribution >= 0.6 is 27.5 Å². The summed E-state index contributed by atoms with van der Waals surface area (Å²) >= 11 is 9.82. The minimum Gasteiger partial charge on any atom is -0.486 e. The summed E-state index contributed by atoms with van der Waals surface area (Å²) in [5.74, 6) is 0.809. The van der Waals surface area contributed by atoms with Crippen LogP contribution in [0, 0.1) is 0 Å². The van der Waals surface area contributed by atoms with Crippen LogP contribution in [0.25, 0.3) is 0 Å². The molecule has 1 aliphatic rings. The predicted molar refractivity (Wildman–Crippen MR) is 74.9 cm³/mol. The van der Waals surface area contributed by atoms with Crippen molar-refractivity contribution in [1.29, 1.82) is 0 Å². The van der Waals surface area contributed by atoms with E-state index in [1.54, 1.807) is 0 Å². The summed E-state index contributed by atoms with van der Waals surface area (Å²) in [6.45, 7) is 7.23. The molecule has 94 valence electrons. The van der Waals surface area contributed by atoms with E-state index in [-0.39, 0.29) is 11.6 Å². The summed E-state index contributed by atoms with van der Waals surface area (Å²) in [7, 11) is 0. The van der Waals surface area contributed by atoms with E-state index < -0.39 is 0 Å². The molecule has 1 aromatic rings. The van der Waals surface area contributed by atoms with Crippen LogP contribution in [-0.2, 0) is 0 Å². The van der Waals surface area contributed by atoms with E-state index in [1.165, 1.54) is 0 Å². The quantitative estimate of drug-likeness (QED) is 0.877. The molecule has 0 amide bonds. The van der Waals surface area contributed by atoms with Crippen LogP contribution in [0.15, 0.2) is 16.6 Å². The van der Waals surface area contributed by atoms with Crippen LogP contribution < -0.4 is 10.1 Å². The maximum absolute atomic E-state index is 6.23. The monoisotopic (exact) mass is 317 g/mol. The number of hydrogen-bond donors (Lipinski definition) is 1. The third kappa shape index (κ3) is 2.61. The number of ether oxygens (including phenoxy) is 1. The molecule has 1 N–H and O–H groups in total. The van der Waals surface area contributed by atoms with Crippen molar-refractivity contribution in [2.24, 2.45) is 0 Å². The minimum atomic E-state index is -0.190. The van der Waals surface area contributed by atoms with Crippen LogP contribution in [0.3, 0.4) is 0 Å². The summed E-state index contributed by atoms with van der Waals surface area (Å²) in [4.78, 5) is 0. The van der Waals surface area contributed by atoms with Gasteiger partial charge in [0.05, 0.1) is 5.02 Å². The van der Waals surface area contributed by atoms with Gasteiger partial charge in [0.25, 0.3) is 0 Å². The number of halogens is 2. The van der Waals surface area contributed by atoms with E-state index in [9.17, 15) is 0 Å². The highest BCUT2D eigenvalue weighted by Crippen LogP contribution is 2.46. The normalized spacial score (nSPS) is 21.8. The van der Waals surface area contributed by atoms with Gasteiger partial charge >= 0.3 is 0 Å². The second-order valence-electron chi connectivity index (χ2n) is 4.95. The van der Waals surface area contributed by atoms with E-state index in [0.29, 0.717) is 5.02 Å². The first-order chi connectivity index (χ1) is 7.94. The Hall–Kier alpha value is -0.250. The highest BCUT2D eigenvalue weighted by atomic mass is 79.9. The Kier molecular flexibility index (Phi) is 3.71. The summed E-state index contributed by atoms with van der Waals surface area (Å²) in [6, 6.07) is 4.13. The van der Waals surface area contributed by atoms with Gasteiger partial charge in [0.2, 0.25) is 0 Å². The highest BCUT2D eigenvalue weighted by Gasteiger charge is 2.35. The van der Waals surface area contributed by atoms with Gasteiger partial charge in [0.15, 0.2) is 0 Å². The van der Waals surface area contributed by atoms with Gasteiger partial charge in [0, 0.05) is 22.5 Å². The van der Waals surface area contributed by atoms with E-state index in [1.807, 2.05) is 12.1 Å². The Balaban J connectivity index is 2.52. The van der Waals surface area contributed by atoms with E-state index >= 15 is 0 Å². The van der Waals surface area contributed by atoms with Gasteiger partial charge in [0.1, 0.15) is 11.4 Å². The van der Waals surface area contributed by atoms with Gasteiger partial charge in [-0.05, 0) is 32.5 Å². The van der Waals surface area contributed by atoms with Gasteiger partial charge in [-0.2, -0.15) is 0 Å². The maximum atomic E-state index is 6.23. The molecular weight excluding hydrogens is 302 g/mol. The van der Waals surface area contributed by atoms with Crippen molar-refractivity contribution in [3.63, 3.8) is 0 Å². The SMILES string of the molecule is CCNC1CC(C)(C)Oc2c(Cl)ccc(Br)c21. The third-order valence-electron chi connectivity index (χ3n) is 2.97. The number of benzene rings is 1. The molecule has 0 aliphatic carbocycles. The Morgan fingerprint density at radius 1 is 1.53 bits per heavy atom. The van der Waals surface area contributed by atoms with Crippen molar-refractivity contribution in [3.8, 4) is 5.75 Å². The Morgan fingerprint density at radius 3 is 2.88 bits per heavy atom. The highest BCUT2D eigenvalue weighted by molar-refractivity contribution is 9.10. The number of hydrogen-bond acceptors (Lipinski definition) is 2. The van der Waals surface area contributed by atoms with Crippen LogP contribution in [0.4, 0.5) is 0 Å². The zero-order valence-electron chi connectivity index (χ0n) is 10.3. The third-order valence-corrected chi connectivity index (χ3v) is 3.96. The van der Waals surface area contributed by atoms with Crippen LogP contribution in [0.1, 0.15) is 38.8 Å². The number of nitrogens with one attached hydrogen (secondary N) is 1. The fraction of sp³-hybridized carbons (Fsp3) is 0.538. The lowest BCUT2D eigenvalue weighted by molar-refractivity contribution is 0.0662. The lowest BCUT2D eigenvalue weighted by Crippen LogP contribution is -2.39. The molecule has 1 heterocycles. The Labute approximate surface area is 116 Å².